The second-order valence-corrected chi connectivity index (χ2v) is 5.42. The number of allylic oxidation sites excluding steroid dienone is 1. The zero-order chi connectivity index (χ0) is 20.4. The van der Waals surface area contributed by atoms with Crippen LogP contribution >= 0.6 is 0 Å². The van der Waals surface area contributed by atoms with Crippen molar-refractivity contribution in [3.05, 3.63) is 71.8 Å². The van der Waals surface area contributed by atoms with E-state index in [-0.39, 0.29) is 17.9 Å². The highest BCUT2D eigenvalue weighted by Crippen LogP contribution is 2.14. The molecule has 0 aromatic heterocycles. The predicted octanol–water partition coefficient (Wildman–Crippen LogP) is 3.36. The molecule has 28 heavy (non-hydrogen) atoms. The first-order valence-corrected chi connectivity index (χ1v) is 8.45. The summed E-state index contributed by atoms with van der Waals surface area (Å²) in [4.78, 5) is 24.8. The van der Waals surface area contributed by atoms with Crippen molar-refractivity contribution in [1.82, 2.24) is 0 Å². The predicted molar refractivity (Wildman–Crippen MR) is 105 cm³/mol. The third-order valence-corrected chi connectivity index (χ3v) is 3.56. The zero-order valence-corrected chi connectivity index (χ0v) is 15.5. The molecule has 0 saturated carbocycles. The number of rotatable bonds is 8. The van der Waals surface area contributed by atoms with Crippen LogP contribution in [0.4, 0.5) is 5.69 Å². The summed E-state index contributed by atoms with van der Waals surface area (Å²) in [5.74, 6) is -0.694. The lowest BCUT2D eigenvalue weighted by Gasteiger charge is -2.06. The number of methoxy groups -OCH3 is 1. The number of nitriles is 1. The number of carbonyl (C=O) groups excluding carboxylic acids is 2. The van der Waals surface area contributed by atoms with Gasteiger partial charge in [0.2, 0.25) is 5.78 Å². The van der Waals surface area contributed by atoms with E-state index >= 15 is 0 Å². The lowest BCUT2D eigenvalue weighted by Crippen LogP contribution is -2.17. The summed E-state index contributed by atoms with van der Waals surface area (Å²) in [5.41, 5.74) is 3.29. The van der Waals surface area contributed by atoms with Crippen LogP contribution in [0.1, 0.15) is 17.3 Å². The highest BCUT2D eigenvalue weighted by molar-refractivity contribution is 6.50. The first-order valence-electron chi connectivity index (χ1n) is 8.45. The third kappa shape index (κ3) is 5.54. The molecular weight excluding hydrogens is 358 g/mol. The molecule has 0 saturated heterocycles. The Kier molecular flexibility index (Phi) is 7.49. The van der Waals surface area contributed by atoms with Gasteiger partial charge in [0.15, 0.2) is 0 Å². The topological polar surface area (TPSA) is 101 Å². The van der Waals surface area contributed by atoms with E-state index in [1.807, 2.05) is 6.07 Å². The molecule has 0 aliphatic rings. The van der Waals surface area contributed by atoms with Gasteiger partial charge >= 0.3 is 5.97 Å². The minimum atomic E-state index is -0.819. The van der Waals surface area contributed by atoms with Gasteiger partial charge in [-0.05, 0) is 49.4 Å². The summed E-state index contributed by atoms with van der Waals surface area (Å²) in [5, 5.41) is 13.3. The second kappa shape index (κ2) is 10.3. The van der Waals surface area contributed by atoms with Crippen LogP contribution in [0.3, 0.4) is 0 Å². The molecule has 0 amide bonds. The van der Waals surface area contributed by atoms with Gasteiger partial charge in [0.05, 0.1) is 19.4 Å². The summed E-state index contributed by atoms with van der Waals surface area (Å²) >= 11 is 0. The summed E-state index contributed by atoms with van der Waals surface area (Å²) < 4.78 is 9.93. The highest BCUT2D eigenvalue weighted by atomic mass is 16.5. The monoisotopic (exact) mass is 377 g/mol. The standard InChI is InChI=1S/C21H19N3O4/c1-3-28-21(26)16(14-22)13-19(24-23-17-7-5-4-6-8-17)20(25)15-9-11-18(27-2)12-10-15/h4-13,23H,3H2,1-2H3/b16-13+,24-19+. The smallest absolute Gasteiger partial charge is 0.348 e. The third-order valence-electron chi connectivity index (χ3n) is 3.56. The number of nitrogens with one attached hydrogen (secondary N) is 1. The molecule has 2 aromatic carbocycles. The maximum Gasteiger partial charge on any atom is 0.348 e. The van der Waals surface area contributed by atoms with Crippen molar-refractivity contribution in [3.8, 4) is 11.8 Å². The molecule has 0 spiro atoms. The molecule has 7 heteroatoms. The number of nitrogens with zero attached hydrogens (tertiary/aromatic N) is 2. The van der Waals surface area contributed by atoms with E-state index in [0.29, 0.717) is 17.0 Å². The molecule has 0 bridgehead atoms. The Morgan fingerprint density at radius 3 is 2.39 bits per heavy atom. The Hall–Kier alpha value is -3.92. The molecule has 142 valence electrons. The first kappa shape index (κ1) is 20.4. The molecule has 0 radical (unpaired) electrons. The van der Waals surface area contributed by atoms with Crippen molar-refractivity contribution in [3.63, 3.8) is 0 Å². The van der Waals surface area contributed by atoms with E-state index < -0.39 is 11.8 Å². The number of hydrogen-bond donors (Lipinski definition) is 1. The van der Waals surface area contributed by atoms with Gasteiger partial charge < -0.3 is 9.47 Å². The number of Topliss-reactive ketones (excluding diaryl/α,β-unsaturated/α-hetero) is 1. The van der Waals surface area contributed by atoms with E-state index in [1.165, 1.54) is 7.11 Å². The Morgan fingerprint density at radius 1 is 1.14 bits per heavy atom. The van der Waals surface area contributed by atoms with Crippen LogP contribution in [0.25, 0.3) is 0 Å². The molecule has 0 heterocycles. The fourth-order valence-electron chi connectivity index (χ4n) is 2.16. The van der Waals surface area contributed by atoms with E-state index in [4.69, 9.17) is 9.47 Å². The average molecular weight is 377 g/mol. The van der Waals surface area contributed by atoms with Gasteiger partial charge in [0.25, 0.3) is 0 Å². The highest BCUT2D eigenvalue weighted by Gasteiger charge is 2.18. The van der Waals surface area contributed by atoms with Crippen LogP contribution in [0.15, 0.2) is 71.3 Å². The van der Waals surface area contributed by atoms with Gasteiger partial charge in [-0.15, -0.1) is 0 Å². The fourth-order valence-corrected chi connectivity index (χ4v) is 2.16. The van der Waals surface area contributed by atoms with E-state index in [2.05, 4.69) is 10.5 Å². The summed E-state index contributed by atoms with van der Waals surface area (Å²) in [6.45, 7) is 1.74. The molecule has 0 unspecified atom stereocenters. The minimum Gasteiger partial charge on any atom is -0.497 e. The number of ketones is 1. The molecule has 2 rings (SSSR count). The molecule has 7 nitrogen and oxygen atoms in total. The average Bonchev–Trinajstić information content (AvgIpc) is 2.74. The van der Waals surface area contributed by atoms with E-state index in [9.17, 15) is 14.9 Å². The lowest BCUT2D eigenvalue weighted by atomic mass is 10.0. The SMILES string of the molecule is CCOC(=O)/C(C#N)=C/C(=N\Nc1ccccc1)C(=O)c1ccc(OC)cc1. The van der Waals surface area contributed by atoms with Crippen LogP contribution in [0.5, 0.6) is 5.75 Å². The Bertz CT molecular complexity index is 926. The van der Waals surface area contributed by atoms with Gasteiger partial charge in [0, 0.05) is 5.56 Å². The van der Waals surface area contributed by atoms with Crippen molar-refractivity contribution in [2.75, 3.05) is 19.1 Å². The normalized spacial score (nSPS) is 11.3. The Balaban J connectivity index is 2.40. The Labute approximate surface area is 162 Å². The van der Waals surface area contributed by atoms with Crippen molar-refractivity contribution >= 4 is 23.2 Å². The molecule has 2 aromatic rings. The molecule has 0 aliphatic heterocycles. The van der Waals surface area contributed by atoms with Gasteiger partial charge in [-0.2, -0.15) is 10.4 Å². The summed E-state index contributed by atoms with van der Waals surface area (Å²) in [6, 6.07) is 17.1. The quantitative estimate of drug-likeness (QED) is 0.189. The maximum absolute atomic E-state index is 12.9. The number of hydrazone groups is 1. The first-order chi connectivity index (χ1) is 13.6. The molecular formula is C21H19N3O4. The Morgan fingerprint density at radius 2 is 1.82 bits per heavy atom. The lowest BCUT2D eigenvalue weighted by molar-refractivity contribution is -0.138. The number of esters is 1. The van der Waals surface area contributed by atoms with Crippen LogP contribution in [0.2, 0.25) is 0 Å². The fraction of sp³-hybridized carbons (Fsp3) is 0.143. The van der Waals surface area contributed by atoms with Crippen LogP contribution in [0, 0.1) is 11.3 Å². The number of para-hydroxylation sites is 1. The molecule has 0 atom stereocenters. The van der Waals surface area contributed by atoms with E-state index in [1.54, 1.807) is 61.5 Å². The molecule has 1 N–H and O–H groups in total. The molecule has 0 aliphatic carbocycles. The van der Waals surface area contributed by atoms with Crippen molar-refractivity contribution in [2.45, 2.75) is 6.92 Å². The van der Waals surface area contributed by atoms with Crippen molar-refractivity contribution in [2.24, 2.45) is 5.10 Å². The number of hydrogen-bond acceptors (Lipinski definition) is 7. The second-order valence-electron chi connectivity index (χ2n) is 5.42. The zero-order valence-electron chi connectivity index (χ0n) is 15.5. The largest absolute Gasteiger partial charge is 0.497 e. The van der Waals surface area contributed by atoms with Crippen molar-refractivity contribution < 1.29 is 19.1 Å². The van der Waals surface area contributed by atoms with Gasteiger partial charge in [0.1, 0.15) is 23.1 Å². The van der Waals surface area contributed by atoms with Gasteiger partial charge in [-0.1, -0.05) is 18.2 Å². The van der Waals surface area contributed by atoms with Crippen molar-refractivity contribution in [1.29, 1.82) is 5.26 Å². The van der Waals surface area contributed by atoms with Gasteiger partial charge in [-0.25, -0.2) is 4.79 Å². The van der Waals surface area contributed by atoms with Crippen LogP contribution < -0.4 is 10.2 Å². The summed E-state index contributed by atoms with van der Waals surface area (Å²) in [7, 11) is 1.52. The number of benzene rings is 2. The van der Waals surface area contributed by atoms with Crippen LogP contribution in [-0.2, 0) is 9.53 Å². The number of carbonyl (C=O) groups is 2. The minimum absolute atomic E-state index is 0.110. The number of ether oxygens (including phenoxy) is 2. The summed E-state index contributed by atoms with van der Waals surface area (Å²) in [6.07, 6.45) is 1.11. The number of anilines is 1. The van der Waals surface area contributed by atoms with Gasteiger partial charge in [-0.3, -0.25) is 10.2 Å². The van der Waals surface area contributed by atoms with E-state index in [0.717, 1.165) is 6.08 Å². The molecule has 0 fully saturated rings. The maximum atomic E-state index is 12.9. The van der Waals surface area contributed by atoms with Crippen LogP contribution in [-0.4, -0.2) is 31.2 Å².